The Morgan fingerprint density at radius 3 is 2.67 bits per heavy atom. The van der Waals surface area contributed by atoms with Gasteiger partial charge in [-0.25, -0.2) is 0 Å². The van der Waals surface area contributed by atoms with Crippen LogP contribution in [0.1, 0.15) is 30.0 Å². The lowest BCUT2D eigenvalue weighted by atomic mass is 10.1. The van der Waals surface area contributed by atoms with E-state index in [1.54, 1.807) is 0 Å². The number of rotatable bonds is 1. The molecule has 0 amide bonds. The molecule has 2 atom stereocenters. The lowest BCUT2D eigenvalue weighted by molar-refractivity contribution is 0.0753. The summed E-state index contributed by atoms with van der Waals surface area (Å²) in [5.41, 5.74) is 2.69. The largest absolute Gasteiger partial charge is 0.391 e. The van der Waals surface area contributed by atoms with Crippen LogP contribution in [0.25, 0.3) is 0 Å². The maximum absolute atomic E-state index is 10.1. The third-order valence-electron chi connectivity index (χ3n) is 3.70. The average molecular weight is 203 g/mol. The maximum Gasteiger partial charge on any atom is 0.0777 e. The van der Waals surface area contributed by atoms with E-state index in [1.165, 1.54) is 24.0 Å². The van der Waals surface area contributed by atoms with Gasteiger partial charge in [-0.05, 0) is 37.1 Å². The fourth-order valence-electron chi connectivity index (χ4n) is 3.01. The highest BCUT2D eigenvalue weighted by Gasteiger charge is 2.35. The quantitative estimate of drug-likeness (QED) is 0.751. The SMILES string of the molecule is OC1Cc2ccccc2C1N1CCCC1. The first-order chi connectivity index (χ1) is 7.36. The number of benzene rings is 1. The number of aliphatic hydroxyl groups is 1. The van der Waals surface area contributed by atoms with Gasteiger partial charge in [-0.2, -0.15) is 0 Å². The molecule has 2 heteroatoms. The number of fused-ring (bicyclic) bond motifs is 1. The summed E-state index contributed by atoms with van der Waals surface area (Å²) in [6.45, 7) is 2.30. The van der Waals surface area contributed by atoms with Crippen LogP contribution in [0.15, 0.2) is 24.3 Å². The summed E-state index contributed by atoms with van der Waals surface area (Å²) in [6.07, 6.45) is 3.20. The van der Waals surface area contributed by atoms with Crippen LogP contribution < -0.4 is 0 Å². The zero-order valence-electron chi connectivity index (χ0n) is 8.89. The Bertz CT molecular complexity index is 357. The molecule has 3 rings (SSSR count). The van der Waals surface area contributed by atoms with E-state index >= 15 is 0 Å². The van der Waals surface area contributed by atoms with Crippen molar-refractivity contribution >= 4 is 0 Å². The van der Waals surface area contributed by atoms with E-state index in [-0.39, 0.29) is 12.1 Å². The van der Waals surface area contributed by atoms with Crippen molar-refractivity contribution in [1.29, 1.82) is 0 Å². The predicted molar refractivity (Wildman–Crippen MR) is 59.7 cm³/mol. The average Bonchev–Trinajstić information content (AvgIpc) is 2.82. The first-order valence-corrected chi connectivity index (χ1v) is 5.86. The minimum absolute atomic E-state index is 0.194. The molecule has 1 aliphatic carbocycles. The first kappa shape index (κ1) is 9.37. The molecule has 1 aromatic rings. The lowest BCUT2D eigenvalue weighted by Crippen LogP contribution is -2.31. The molecule has 1 heterocycles. The van der Waals surface area contributed by atoms with Gasteiger partial charge in [0.05, 0.1) is 12.1 Å². The summed E-state index contributed by atoms with van der Waals surface area (Å²) in [5.74, 6) is 0. The molecule has 1 fully saturated rings. The fraction of sp³-hybridized carbons (Fsp3) is 0.538. The van der Waals surface area contributed by atoms with Gasteiger partial charge in [-0.15, -0.1) is 0 Å². The maximum atomic E-state index is 10.1. The highest BCUT2D eigenvalue weighted by molar-refractivity contribution is 5.36. The third-order valence-corrected chi connectivity index (χ3v) is 3.70. The predicted octanol–water partition coefficient (Wildman–Crippen LogP) is 1.74. The molecular weight excluding hydrogens is 186 g/mol. The summed E-state index contributed by atoms with van der Waals surface area (Å²) in [4.78, 5) is 2.44. The van der Waals surface area contributed by atoms with Gasteiger partial charge in [0.15, 0.2) is 0 Å². The number of aliphatic hydroxyl groups excluding tert-OH is 1. The molecule has 0 radical (unpaired) electrons. The molecule has 1 aliphatic heterocycles. The molecule has 0 bridgehead atoms. The molecule has 0 spiro atoms. The van der Waals surface area contributed by atoms with Gasteiger partial charge in [0.2, 0.25) is 0 Å². The van der Waals surface area contributed by atoms with Gasteiger partial charge in [-0.3, -0.25) is 4.90 Å². The van der Waals surface area contributed by atoms with Gasteiger partial charge in [0.1, 0.15) is 0 Å². The van der Waals surface area contributed by atoms with E-state index in [0.29, 0.717) is 0 Å². The fourth-order valence-corrected chi connectivity index (χ4v) is 3.01. The van der Waals surface area contributed by atoms with Crippen LogP contribution in [0.4, 0.5) is 0 Å². The summed E-state index contributed by atoms with van der Waals surface area (Å²) in [6, 6.07) is 8.74. The van der Waals surface area contributed by atoms with Gasteiger partial charge >= 0.3 is 0 Å². The van der Waals surface area contributed by atoms with Crippen LogP contribution in [-0.4, -0.2) is 29.2 Å². The van der Waals surface area contributed by atoms with E-state index in [0.717, 1.165) is 19.5 Å². The van der Waals surface area contributed by atoms with Gasteiger partial charge in [0.25, 0.3) is 0 Å². The van der Waals surface area contributed by atoms with Crippen LogP contribution in [0, 0.1) is 0 Å². The lowest BCUT2D eigenvalue weighted by Gasteiger charge is -2.27. The Hall–Kier alpha value is -0.860. The van der Waals surface area contributed by atoms with E-state index in [4.69, 9.17) is 0 Å². The molecule has 0 aromatic heterocycles. The standard InChI is InChI=1S/C13H17NO/c15-12-9-10-5-1-2-6-11(10)13(12)14-7-3-4-8-14/h1-2,5-6,12-13,15H,3-4,7-9H2. The van der Waals surface area contributed by atoms with Crippen molar-refractivity contribution in [3.8, 4) is 0 Å². The molecule has 1 saturated heterocycles. The normalized spacial score (nSPS) is 30.7. The summed E-state index contributed by atoms with van der Waals surface area (Å²) in [5, 5.41) is 10.1. The van der Waals surface area contributed by atoms with Crippen LogP contribution in [0.3, 0.4) is 0 Å². The molecule has 80 valence electrons. The highest BCUT2D eigenvalue weighted by Crippen LogP contribution is 2.37. The van der Waals surface area contributed by atoms with Crippen molar-refractivity contribution in [2.75, 3.05) is 13.1 Å². The van der Waals surface area contributed by atoms with Crippen molar-refractivity contribution in [2.24, 2.45) is 0 Å². The Morgan fingerprint density at radius 2 is 1.87 bits per heavy atom. The summed E-state index contributed by atoms with van der Waals surface area (Å²) in [7, 11) is 0. The van der Waals surface area contributed by atoms with Crippen molar-refractivity contribution in [1.82, 2.24) is 4.90 Å². The zero-order valence-corrected chi connectivity index (χ0v) is 8.89. The Labute approximate surface area is 90.5 Å². The van der Waals surface area contributed by atoms with Gasteiger partial charge in [-0.1, -0.05) is 24.3 Å². The van der Waals surface area contributed by atoms with Crippen molar-refractivity contribution in [2.45, 2.75) is 31.4 Å². The zero-order chi connectivity index (χ0) is 10.3. The van der Waals surface area contributed by atoms with Gasteiger partial charge in [0, 0.05) is 6.42 Å². The van der Waals surface area contributed by atoms with Crippen LogP contribution in [0.2, 0.25) is 0 Å². The molecule has 1 N–H and O–H groups in total. The van der Waals surface area contributed by atoms with E-state index in [1.807, 2.05) is 0 Å². The molecule has 2 unspecified atom stereocenters. The second-order valence-corrected chi connectivity index (χ2v) is 4.66. The molecule has 2 aliphatic rings. The van der Waals surface area contributed by atoms with E-state index < -0.39 is 0 Å². The minimum atomic E-state index is -0.194. The van der Waals surface area contributed by atoms with Crippen LogP contribution >= 0.6 is 0 Å². The highest BCUT2D eigenvalue weighted by atomic mass is 16.3. The number of nitrogens with zero attached hydrogens (tertiary/aromatic N) is 1. The topological polar surface area (TPSA) is 23.5 Å². The summed E-state index contributed by atoms with van der Waals surface area (Å²) < 4.78 is 0. The van der Waals surface area contributed by atoms with E-state index in [2.05, 4.69) is 29.2 Å². The third kappa shape index (κ3) is 1.48. The van der Waals surface area contributed by atoms with Crippen LogP contribution in [0.5, 0.6) is 0 Å². The molecule has 1 aromatic carbocycles. The molecule has 0 saturated carbocycles. The van der Waals surface area contributed by atoms with Gasteiger partial charge < -0.3 is 5.11 Å². The minimum Gasteiger partial charge on any atom is -0.391 e. The first-order valence-electron chi connectivity index (χ1n) is 5.86. The Balaban J connectivity index is 1.94. The smallest absolute Gasteiger partial charge is 0.0777 e. The number of hydrogen-bond acceptors (Lipinski definition) is 2. The van der Waals surface area contributed by atoms with E-state index in [9.17, 15) is 5.11 Å². The number of hydrogen-bond donors (Lipinski definition) is 1. The summed E-state index contributed by atoms with van der Waals surface area (Å²) >= 11 is 0. The second-order valence-electron chi connectivity index (χ2n) is 4.66. The molecule has 15 heavy (non-hydrogen) atoms. The molecular formula is C13H17NO. The Kier molecular flexibility index (Phi) is 2.26. The van der Waals surface area contributed by atoms with Crippen molar-refractivity contribution < 1.29 is 5.11 Å². The monoisotopic (exact) mass is 203 g/mol. The number of likely N-dealkylation sites (tertiary alicyclic amines) is 1. The van der Waals surface area contributed by atoms with Crippen LogP contribution in [-0.2, 0) is 6.42 Å². The second kappa shape index (κ2) is 3.62. The molecule has 2 nitrogen and oxygen atoms in total. The van der Waals surface area contributed by atoms with Crippen molar-refractivity contribution in [3.63, 3.8) is 0 Å². The Morgan fingerprint density at radius 1 is 1.13 bits per heavy atom. The van der Waals surface area contributed by atoms with Crippen molar-refractivity contribution in [3.05, 3.63) is 35.4 Å².